The molecule has 28 heavy (non-hydrogen) atoms. The highest BCUT2D eigenvalue weighted by atomic mass is 19.1. The number of rotatable bonds is 6. The number of hydrogen-bond donors (Lipinski definition) is 2. The minimum absolute atomic E-state index is 0.0764. The van der Waals surface area contributed by atoms with Crippen LogP contribution in [0.1, 0.15) is 44.8 Å². The highest BCUT2D eigenvalue weighted by Gasteiger charge is 2.14. The fraction of sp³-hybridized carbons (Fsp3) is 0.130. The zero-order chi connectivity index (χ0) is 19.9. The van der Waals surface area contributed by atoms with Crippen LogP contribution in [0, 0.1) is 5.82 Å². The third-order valence-electron chi connectivity index (χ3n) is 4.43. The summed E-state index contributed by atoms with van der Waals surface area (Å²) in [5.41, 5.74) is 2.13. The van der Waals surface area contributed by atoms with E-state index in [-0.39, 0.29) is 30.2 Å². The largest absolute Gasteiger partial charge is 0.348 e. The van der Waals surface area contributed by atoms with Gasteiger partial charge in [0.25, 0.3) is 11.8 Å². The summed E-state index contributed by atoms with van der Waals surface area (Å²) in [5, 5.41) is 5.60. The van der Waals surface area contributed by atoms with E-state index >= 15 is 0 Å². The molecule has 2 N–H and O–H groups in total. The molecule has 0 spiro atoms. The number of halogens is 1. The van der Waals surface area contributed by atoms with E-state index in [2.05, 4.69) is 10.6 Å². The predicted octanol–water partition coefficient (Wildman–Crippen LogP) is 4.25. The maximum absolute atomic E-state index is 13.7. The van der Waals surface area contributed by atoms with Crippen molar-refractivity contribution in [3.05, 3.63) is 107 Å². The molecule has 1 unspecified atom stereocenters. The van der Waals surface area contributed by atoms with Crippen LogP contribution in [-0.2, 0) is 6.54 Å². The minimum atomic E-state index is -0.370. The van der Waals surface area contributed by atoms with Gasteiger partial charge in [-0.15, -0.1) is 0 Å². The zero-order valence-corrected chi connectivity index (χ0v) is 15.5. The normalized spacial score (nSPS) is 11.5. The first kappa shape index (κ1) is 19.3. The van der Waals surface area contributed by atoms with Gasteiger partial charge in [-0.25, -0.2) is 4.39 Å². The lowest BCUT2D eigenvalue weighted by Gasteiger charge is -2.14. The van der Waals surface area contributed by atoms with E-state index in [9.17, 15) is 14.0 Å². The Morgan fingerprint density at radius 3 is 2.21 bits per heavy atom. The average molecular weight is 376 g/mol. The van der Waals surface area contributed by atoms with Crippen molar-refractivity contribution < 1.29 is 14.0 Å². The first-order valence-corrected chi connectivity index (χ1v) is 9.02. The third kappa shape index (κ3) is 4.82. The summed E-state index contributed by atoms with van der Waals surface area (Å²) in [6.45, 7) is 1.98. The van der Waals surface area contributed by atoms with Gasteiger partial charge >= 0.3 is 0 Å². The Kier molecular flexibility index (Phi) is 6.17. The zero-order valence-electron chi connectivity index (χ0n) is 15.5. The summed E-state index contributed by atoms with van der Waals surface area (Å²) in [6.07, 6.45) is 0. The van der Waals surface area contributed by atoms with Crippen LogP contribution in [-0.4, -0.2) is 11.8 Å². The third-order valence-corrected chi connectivity index (χ3v) is 4.43. The number of carbonyl (C=O) groups excluding carboxylic acids is 2. The molecule has 1 atom stereocenters. The minimum Gasteiger partial charge on any atom is -0.348 e. The molecule has 2 amide bonds. The first-order valence-electron chi connectivity index (χ1n) is 9.02. The fourth-order valence-electron chi connectivity index (χ4n) is 2.83. The number of nitrogens with one attached hydrogen (secondary N) is 2. The second-order valence-electron chi connectivity index (χ2n) is 6.46. The molecule has 0 heterocycles. The van der Waals surface area contributed by atoms with Gasteiger partial charge in [0.15, 0.2) is 0 Å². The molecule has 0 aliphatic heterocycles. The Balaban J connectivity index is 1.65. The van der Waals surface area contributed by atoms with Crippen LogP contribution in [0.25, 0.3) is 0 Å². The van der Waals surface area contributed by atoms with Gasteiger partial charge in [-0.3, -0.25) is 9.59 Å². The predicted molar refractivity (Wildman–Crippen MR) is 106 cm³/mol. The Morgan fingerprint density at radius 1 is 0.857 bits per heavy atom. The second-order valence-corrected chi connectivity index (χ2v) is 6.46. The fourth-order valence-corrected chi connectivity index (χ4v) is 2.83. The van der Waals surface area contributed by atoms with Gasteiger partial charge in [-0.2, -0.15) is 0 Å². The molecule has 0 aliphatic rings. The Bertz CT molecular complexity index is 973. The van der Waals surface area contributed by atoms with Crippen LogP contribution in [0.4, 0.5) is 4.39 Å². The number of hydrogen-bond acceptors (Lipinski definition) is 2. The van der Waals surface area contributed by atoms with Gasteiger partial charge in [-0.1, -0.05) is 54.6 Å². The van der Waals surface area contributed by atoms with Crippen molar-refractivity contribution in [3.63, 3.8) is 0 Å². The molecule has 4 nitrogen and oxygen atoms in total. The SMILES string of the molecule is CC(NC(=O)c1cccc(C(=O)NCc2ccccc2F)c1)c1ccccc1. The molecule has 5 heteroatoms. The summed E-state index contributed by atoms with van der Waals surface area (Å²) in [7, 11) is 0. The average Bonchev–Trinajstić information content (AvgIpc) is 2.73. The van der Waals surface area contributed by atoms with E-state index in [1.54, 1.807) is 36.4 Å². The molecule has 0 radical (unpaired) electrons. The van der Waals surface area contributed by atoms with Crippen molar-refractivity contribution >= 4 is 11.8 Å². The Morgan fingerprint density at radius 2 is 1.50 bits per heavy atom. The first-order chi connectivity index (χ1) is 13.5. The number of benzene rings is 3. The molecule has 0 fully saturated rings. The highest BCUT2D eigenvalue weighted by molar-refractivity contribution is 5.99. The van der Waals surface area contributed by atoms with Crippen LogP contribution in [0.5, 0.6) is 0 Å². The maximum Gasteiger partial charge on any atom is 0.251 e. The van der Waals surface area contributed by atoms with Gasteiger partial charge in [0, 0.05) is 23.2 Å². The maximum atomic E-state index is 13.7. The van der Waals surface area contributed by atoms with E-state index < -0.39 is 0 Å². The van der Waals surface area contributed by atoms with E-state index in [4.69, 9.17) is 0 Å². The van der Waals surface area contributed by atoms with E-state index in [1.165, 1.54) is 12.1 Å². The summed E-state index contributed by atoms with van der Waals surface area (Å²) < 4.78 is 13.7. The molecular formula is C23H21FN2O2. The molecule has 0 aliphatic carbocycles. The van der Waals surface area contributed by atoms with Crippen LogP contribution >= 0.6 is 0 Å². The molecular weight excluding hydrogens is 355 g/mol. The lowest BCUT2D eigenvalue weighted by atomic mass is 10.1. The molecule has 3 rings (SSSR count). The van der Waals surface area contributed by atoms with Crippen LogP contribution < -0.4 is 10.6 Å². The highest BCUT2D eigenvalue weighted by Crippen LogP contribution is 2.13. The monoisotopic (exact) mass is 376 g/mol. The lowest BCUT2D eigenvalue weighted by molar-refractivity contribution is 0.0940. The summed E-state index contributed by atoms with van der Waals surface area (Å²) in [5.74, 6) is -1.00. The van der Waals surface area contributed by atoms with Crippen LogP contribution in [0.2, 0.25) is 0 Å². The molecule has 3 aromatic carbocycles. The molecule has 3 aromatic rings. The van der Waals surface area contributed by atoms with Gasteiger partial charge in [-0.05, 0) is 36.8 Å². The quantitative estimate of drug-likeness (QED) is 0.676. The van der Waals surface area contributed by atoms with Gasteiger partial charge in [0.1, 0.15) is 5.82 Å². The standard InChI is InChI=1S/C23H21FN2O2/c1-16(17-8-3-2-4-9-17)26-23(28)19-12-7-11-18(14-19)22(27)25-15-20-10-5-6-13-21(20)24/h2-14,16H,15H2,1H3,(H,25,27)(H,26,28). The van der Waals surface area contributed by atoms with E-state index in [0.717, 1.165) is 5.56 Å². The Hall–Kier alpha value is -3.47. The molecule has 0 saturated carbocycles. The Labute approximate surface area is 163 Å². The van der Waals surface area contributed by atoms with Crippen molar-refractivity contribution in [2.24, 2.45) is 0 Å². The molecule has 0 bridgehead atoms. The van der Waals surface area contributed by atoms with Crippen molar-refractivity contribution in [1.82, 2.24) is 10.6 Å². The van der Waals surface area contributed by atoms with Crippen molar-refractivity contribution in [2.75, 3.05) is 0 Å². The van der Waals surface area contributed by atoms with Crippen molar-refractivity contribution in [2.45, 2.75) is 19.5 Å². The topological polar surface area (TPSA) is 58.2 Å². The van der Waals surface area contributed by atoms with E-state index in [1.807, 2.05) is 37.3 Å². The summed E-state index contributed by atoms with van der Waals surface area (Å²) in [6, 6.07) is 22.2. The number of carbonyl (C=O) groups is 2. The van der Waals surface area contributed by atoms with Crippen LogP contribution in [0.3, 0.4) is 0 Å². The molecule has 0 saturated heterocycles. The molecule has 142 valence electrons. The van der Waals surface area contributed by atoms with Crippen molar-refractivity contribution in [3.8, 4) is 0 Å². The van der Waals surface area contributed by atoms with Crippen LogP contribution in [0.15, 0.2) is 78.9 Å². The molecule has 0 aromatic heterocycles. The van der Waals surface area contributed by atoms with Crippen molar-refractivity contribution in [1.29, 1.82) is 0 Å². The summed E-state index contributed by atoms with van der Waals surface area (Å²) >= 11 is 0. The lowest BCUT2D eigenvalue weighted by Crippen LogP contribution is -2.27. The summed E-state index contributed by atoms with van der Waals surface area (Å²) in [4.78, 5) is 24.9. The smallest absolute Gasteiger partial charge is 0.251 e. The second kappa shape index (κ2) is 8.95. The van der Waals surface area contributed by atoms with Gasteiger partial charge < -0.3 is 10.6 Å². The van der Waals surface area contributed by atoms with Gasteiger partial charge in [0.05, 0.1) is 6.04 Å². The number of amides is 2. The van der Waals surface area contributed by atoms with E-state index in [0.29, 0.717) is 16.7 Å². The van der Waals surface area contributed by atoms with Gasteiger partial charge in [0.2, 0.25) is 0 Å².